The van der Waals surface area contributed by atoms with Gasteiger partial charge in [0.2, 0.25) is 0 Å². The molecule has 0 aliphatic heterocycles. The van der Waals surface area contributed by atoms with Crippen molar-refractivity contribution in [1.82, 2.24) is 15.8 Å². The largest absolute Gasteiger partial charge is 0.386 e. The van der Waals surface area contributed by atoms with Crippen molar-refractivity contribution in [3.8, 4) is 0 Å². The van der Waals surface area contributed by atoms with Gasteiger partial charge in [-0.25, -0.2) is 4.99 Å². The van der Waals surface area contributed by atoms with Crippen LogP contribution in [0.3, 0.4) is 0 Å². The van der Waals surface area contributed by atoms with Crippen molar-refractivity contribution in [1.29, 1.82) is 0 Å². The Labute approximate surface area is 174 Å². The van der Waals surface area contributed by atoms with E-state index in [9.17, 15) is 5.11 Å². The molecular formula is C16H24ClIN4O2S. The van der Waals surface area contributed by atoms with Gasteiger partial charge in [0, 0.05) is 24.0 Å². The van der Waals surface area contributed by atoms with Crippen molar-refractivity contribution in [3.63, 3.8) is 0 Å². The van der Waals surface area contributed by atoms with Crippen molar-refractivity contribution in [2.24, 2.45) is 4.99 Å². The molecule has 0 saturated carbocycles. The summed E-state index contributed by atoms with van der Waals surface area (Å²) in [5.74, 6) is 1.65. The van der Waals surface area contributed by atoms with Crippen LogP contribution in [-0.2, 0) is 6.54 Å². The summed E-state index contributed by atoms with van der Waals surface area (Å²) in [6, 6.07) is 5.52. The summed E-state index contributed by atoms with van der Waals surface area (Å²) in [7, 11) is 0. The highest BCUT2D eigenvalue weighted by Crippen LogP contribution is 2.26. The fourth-order valence-corrected chi connectivity index (χ4v) is 3.02. The van der Waals surface area contributed by atoms with Crippen molar-refractivity contribution >= 4 is 52.9 Å². The normalized spacial score (nSPS) is 12.8. The zero-order chi connectivity index (χ0) is 17.5. The summed E-state index contributed by atoms with van der Waals surface area (Å²) in [6.45, 7) is 7.56. The standard InChI is InChI=1S/C16H23ClN4O2S.HI/c1-4-18-16(19-8-11-7-12(10(2)3)21-23-11)20-9-13(22)14-5-6-15(17)24-14;/h5-7,10,13,22H,4,8-9H2,1-3H3,(H2,18,19,20);1H. The monoisotopic (exact) mass is 498 g/mol. The van der Waals surface area contributed by atoms with E-state index in [-0.39, 0.29) is 24.0 Å². The minimum Gasteiger partial charge on any atom is -0.386 e. The molecule has 0 aromatic carbocycles. The van der Waals surface area contributed by atoms with Gasteiger partial charge in [0.1, 0.15) is 12.6 Å². The van der Waals surface area contributed by atoms with Gasteiger partial charge in [0.25, 0.3) is 0 Å². The Balaban J connectivity index is 0.00000312. The van der Waals surface area contributed by atoms with Crippen molar-refractivity contribution in [2.75, 3.05) is 13.1 Å². The predicted octanol–water partition coefficient (Wildman–Crippen LogP) is 3.92. The molecule has 140 valence electrons. The van der Waals surface area contributed by atoms with Gasteiger partial charge in [0.15, 0.2) is 11.7 Å². The smallest absolute Gasteiger partial charge is 0.191 e. The molecule has 2 aromatic heterocycles. The van der Waals surface area contributed by atoms with Gasteiger partial charge in [0.05, 0.1) is 10.0 Å². The summed E-state index contributed by atoms with van der Waals surface area (Å²) >= 11 is 7.26. The second-order valence-corrected chi connectivity index (χ2v) is 7.35. The summed E-state index contributed by atoms with van der Waals surface area (Å²) in [5.41, 5.74) is 0.920. The SMILES string of the molecule is CCNC(=NCc1cc(C(C)C)no1)NCC(O)c1ccc(Cl)s1.I. The van der Waals surface area contributed by atoms with Crippen LogP contribution in [0.25, 0.3) is 0 Å². The van der Waals surface area contributed by atoms with Gasteiger partial charge in [-0.2, -0.15) is 0 Å². The van der Waals surface area contributed by atoms with Crippen LogP contribution >= 0.6 is 46.9 Å². The van der Waals surface area contributed by atoms with E-state index in [0.717, 1.165) is 17.1 Å². The van der Waals surface area contributed by atoms with Crippen LogP contribution in [0, 0.1) is 0 Å². The number of aliphatic imine (C=N–C) groups is 1. The molecule has 0 aliphatic carbocycles. The van der Waals surface area contributed by atoms with E-state index in [2.05, 4.69) is 34.6 Å². The number of hydrogen-bond acceptors (Lipinski definition) is 5. The molecule has 25 heavy (non-hydrogen) atoms. The number of rotatable bonds is 7. The fourth-order valence-electron chi connectivity index (χ4n) is 1.98. The molecule has 3 N–H and O–H groups in total. The number of aromatic nitrogens is 1. The highest BCUT2D eigenvalue weighted by Gasteiger charge is 2.11. The Morgan fingerprint density at radius 1 is 1.40 bits per heavy atom. The third-order valence-corrected chi connectivity index (χ3v) is 4.62. The highest BCUT2D eigenvalue weighted by molar-refractivity contribution is 14.0. The first-order valence-corrected chi connectivity index (χ1v) is 9.10. The van der Waals surface area contributed by atoms with Crippen LogP contribution in [-0.4, -0.2) is 29.3 Å². The summed E-state index contributed by atoms with van der Waals surface area (Å²) < 4.78 is 5.94. The number of halogens is 2. The first-order valence-electron chi connectivity index (χ1n) is 7.90. The summed E-state index contributed by atoms with van der Waals surface area (Å²) in [5, 5.41) is 20.5. The molecule has 6 nitrogen and oxygen atoms in total. The Morgan fingerprint density at radius 2 is 2.16 bits per heavy atom. The molecule has 9 heteroatoms. The topological polar surface area (TPSA) is 82.7 Å². The van der Waals surface area contributed by atoms with Crippen LogP contribution in [0.15, 0.2) is 27.7 Å². The lowest BCUT2D eigenvalue weighted by atomic mass is 10.1. The van der Waals surface area contributed by atoms with Gasteiger partial charge in [-0.3, -0.25) is 0 Å². The van der Waals surface area contributed by atoms with E-state index in [1.807, 2.05) is 19.1 Å². The Kier molecular flexibility index (Phi) is 9.77. The van der Waals surface area contributed by atoms with E-state index in [1.54, 1.807) is 6.07 Å². The van der Waals surface area contributed by atoms with Crippen LogP contribution in [0.4, 0.5) is 0 Å². The van der Waals surface area contributed by atoms with E-state index in [0.29, 0.717) is 35.1 Å². The van der Waals surface area contributed by atoms with Gasteiger partial charge in [-0.1, -0.05) is 30.6 Å². The predicted molar refractivity (Wildman–Crippen MR) is 113 cm³/mol. The first kappa shape index (κ1) is 22.2. The molecule has 0 spiro atoms. The average Bonchev–Trinajstić information content (AvgIpc) is 3.18. The van der Waals surface area contributed by atoms with Crippen molar-refractivity contribution in [3.05, 3.63) is 38.9 Å². The molecule has 0 bridgehead atoms. The number of nitrogens with zero attached hydrogens (tertiary/aromatic N) is 2. The van der Waals surface area contributed by atoms with Gasteiger partial charge < -0.3 is 20.3 Å². The lowest BCUT2D eigenvalue weighted by Crippen LogP contribution is -2.39. The number of aliphatic hydroxyl groups is 1. The minimum atomic E-state index is -0.635. The van der Waals surface area contributed by atoms with Crippen LogP contribution in [0.5, 0.6) is 0 Å². The number of aliphatic hydroxyl groups excluding tert-OH is 1. The van der Waals surface area contributed by atoms with Crippen molar-refractivity contribution < 1.29 is 9.63 Å². The lowest BCUT2D eigenvalue weighted by molar-refractivity contribution is 0.184. The number of thiophene rings is 1. The van der Waals surface area contributed by atoms with Gasteiger partial charge >= 0.3 is 0 Å². The molecule has 0 fully saturated rings. The average molecular weight is 499 g/mol. The zero-order valence-corrected chi connectivity index (χ0v) is 18.4. The quantitative estimate of drug-likeness (QED) is 0.306. The molecule has 2 aromatic rings. The number of nitrogens with one attached hydrogen (secondary N) is 2. The molecule has 1 unspecified atom stereocenters. The highest BCUT2D eigenvalue weighted by atomic mass is 127. The first-order chi connectivity index (χ1) is 11.5. The molecule has 0 saturated heterocycles. The Morgan fingerprint density at radius 3 is 2.72 bits per heavy atom. The maximum absolute atomic E-state index is 10.2. The maximum atomic E-state index is 10.2. The minimum absolute atomic E-state index is 0. The molecule has 0 amide bonds. The molecule has 2 heterocycles. The second-order valence-electron chi connectivity index (χ2n) is 5.61. The Hall–Kier alpha value is -0.840. The maximum Gasteiger partial charge on any atom is 0.191 e. The fraction of sp³-hybridized carbons (Fsp3) is 0.500. The van der Waals surface area contributed by atoms with Crippen LogP contribution < -0.4 is 10.6 Å². The number of guanidine groups is 1. The Bertz CT molecular complexity index is 675. The van der Waals surface area contributed by atoms with E-state index in [4.69, 9.17) is 16.1 Å². The van der Waals surface area contributed by atoms with Crippen molar-refractivity contribution in [2.45, 2.75) is 39.3 Å². The molecular weight excluding hydrogens is 475 g/mol. The van der Waals surface area contributed by atoms with E-state index >= 15 is 0 Å². The van der Waals surface area contributed by atoms with Gasteiger partial charge in [-0.15, -0.1) is 35.3 Å². The third kappa shape index (κ3) is 7.12. The summed E-state index contributed by atoms with van der Waals surface area (Å²) in [4.78, 5) is 5.27. The lowest BCUT2D eigenvalue weighted by Gasteiger charge is -2.14. The summed E-state index contributed by atoms with van der Waals surface area (Å²) in [6.07, 6.45) is -0.635. The molecule has 2 rings (SSSR count). The zero-order valence-electron chi connectivity index (χ0n) is 14.5. The second kappa shape index (κ2) is 11.0. The van der Waals surface area contributed by atoms with E-state index < -0.39 is 6.10 Å². The third-order valence-electron chi connectivity index (χ3n) is 3.29. The van der Waals surface area contributed by atoms with Gasteiger partial charge in [-0.05, 0) is 25.0 Å². The molecule has 0 aliphatic rings. The molecule has 1 atom stereocenters. The number of hydrogen-bond donors (Lipinski definition) is 3. The molecule has 0 radical (unpaired) electrons. The van der Waals surface area contributed by atoms with Crippen LogP contribution in [0.2, 0.25) is 4.34 Å². The van der Waals surface area contributed by atoms with E-state index in [1.165, 1.54) is 11.3 Å². The van der Waals surface area contributed by atoms with Crippen LogP contribution in [0.1, 0.15) is 49.1 Å².